The highest BCUT2D eigenvalue weighted by atomic mass is 19.1. The number of hydrogen-bond donors (Lipinski definition) is 2. The normalized spacial score (nSPS) is 24.4. The maximum absolute atomic E-state index is 14.2. The molecule has 2 rings (SSSR count). The molecular weight excluding hydrogens is 255 g/mol. The SMILES string of the molecule is COc1cccc(CC(NN)C2CCCC(C)C2)c1F. The van der Waals surface area contributed by atoms with E-state index in [2.05, 4.69) is 12.3 Å². The first-order valence-electron chi connectivity index (χ1n) is 7.43. The lowest BCUT2D eigenvalue weighted by atomic mass is 9.77. The standard InChI is InChI=1S/C16H25FN2O/c1-11-5-3-6-12(9-11)14(19-18)10-13-7-4-8-15(20-2)16(13)17/h4,7-8,11-12,14,19H,3,5-6,9-10,18H2,1-2H3. The third kappa shape index (κ3) is 3.49. The maximum atomic E-state index is 14.2. The van der Waals surface area contributed by atoms with Crippen LogP contribution in [0.2, 0.25) is 0 Å². The Kier molecular flexibility index (Phi) is 5.38. The molecule has 1 aliphatic carbocycles. The zero-order valence-corrected chi connectivity index (χ0v) is 12.4. The molecule has 4 heteroatoms. The molecule has 0 spiro atoms. The van der Waals surface area contributed by atoms with Crippen LogP contribution >= 0.6 is 0 Å². The molecule has 3 unspecified atom stereocenters. The Bertz CT molecular complexity index is 438. The van der Waals surface area contributed by atoms with E-state index in [0.29, 0.717) is 23.7 Å². The van der Waals surface area contributed by atoms with Gasteiger partial charge in [-0.05, 0) is 42.7 Å². The van der Waals surface area contributed by atoms with Crippen LogP contribution in [0.1, 0.15) is 38.2 Å². The van der Waals surface area contributed by atoms with Crippen LogP contribution in [0, 0.1) is 17.7 Å². The van der Waals surface area contributed by atoms with Crippen molar-refractivity contribution < 1.29 is 9.13 Å². The van der Waals surface area contributed by atoms with Crippen LogP contribution < -0.4 is 16.0 Å². The molecule has 0 radical (unpaired) electrons. The van der Waals surface area contributed by atoms with Crippen LogP contribution in [-0.4, -0.2) is 13.2 Å². The molecule has 0 bridgehead atoms. The number of halogens is 1. The molecule has 0 amide bonds. The van der Waals surface area contributed by atoms with E-state index in [1.54, 1.807) is 6.07 Å². The maximum Gasteiger partial charge on any atom is 0.168 e. The van der Waals surface area contributed by atoms with Crippen molar-refractivity contribution >= 4 is 0 Å². The van der Waals surface area contributed by atoms with Gasteiger partial charge in [-0.3, -0.25) is 11.3 Å². The molecular formula is C16H25FN2O. The third-order valence-corrected chi connectivity index (χ3v) is 4.46. The number of nitrogens with one attached hydrogen (secondary N) is 1. The van der Waals surface area contributed by atoms with Crippen molar-refractivity contribution in [3.63, 3.8) is 0 Å². The van der Waals surface area contributed by atoms with Crippen molar-refractivity contribution in [3.05, 3.63) is 29.6 Å². The zero-order chi connectivity index (χ0) is 14.5. The summed E-state index contributed by atoms with van der Waals surface area (Å²) in [6.07, 6.45) is 5.48. The van der Waals surface area contributed by atoms with Gasteiger partial charge in [0.05, 0.1) is 7.11 Å². The zero-order valence-electron chi connectivity index (χ0n) is 12.4. The van der Waals surface area contributed by atoms with E-state index >= 15 is 0 Å². The summed E-state index contributed by atoms with van der Waals surface area (Å²) in [5.74, 6) is 7.01. The van der Waals surface area contributed by atoms with Gasteiger partial charge in [-0.1, -0.05) is 31.9 Å². The minimum absolute atomic E-state index is 0.124. The van der Waals surface area contributed by atoms with E-state index in [0.717, 1.165) is 5.92 Å². The molecule has 0 aromatic heterocycles. The van der Waals surface area contributed by atoms with Gasteiger partial charge in [-0.25, -0.2) is 4.39 Å². The smallest absolute Gasteiger partial charge is 0.168 e. The van der Waals surface area contributed by atoms with Crippen molar-refractivity contribution in [3.8, 4) is 5.75 Å². The van der Waals surface area contributed by atoms with Crippen molar-refractivity contribution in [2.24, 2.45) is 17.7 Å². The largest absolute Gasteiger partial charge is 0.494 e. The molecule has 1 saturated carbocycles. The number of ether oxygens (including phenoxy) is 1. The average Bonchev–Trinajstić information content (AvgIpc) is 2.46. The van der Waals surface area contributed by atoms with E-state index < -0.39 is 0 Å². The Balaban J connectivity index is 2.10. The van der Waals surface area contributed by atoms with E-state index in [9.17, 15) is 4.39 Å². The molecule has 0 aliphatic heterocycles. The Morgan fingerprint density at radius 3 is 2.90 bits per heavy atom. The van der Waals surface area contributed by atoms with Crippen LogP contribution in [0.15, 0.2) is 18.2 Å². The van der Waals surface area contributed by atoms with Gasteiger partial charge in [-0.15, -0.1) is 0 Å². The lowest BCUT2D eigenvalue weighted by molar-refractivity contribution is 0.221. The Morgan fingerprint density at radius 1 is 1.45 bits per heavy atom. The highest BCUT2D eigenvalue weighted by Crippen LogP contribution is 2.32. The van der Waals surface area contributed by atoms with Crippen molar-refractivity contribution in [1.82, 2.24) is 5.43 Å². The minimum atomic E-state index is -0.265. The summed E-state index contributed by atoms with van der Waals surface area (Å²) in [6, 6.07) is 5.41. The van der Waals surface area contributed by atoms with Crippen LogP contribution in [0.5, 0.6) is 5.75 Å². The number of rotatable bonds is 5. The fraction of sp³-hybridized carbons (Fsp3) is 0.625. The van der Waals surface area contributed by atoms with Crippen molar-refractivity contribution in [2.45, 2.75) is 45.1 Å². The van der Waals surface area contributed by atoms with Gasteiger partial charge >= 0.3 is 0 Å². The predicted octanol–water partition coefficient (Wildman–Crippen LogP) is 3.04. The molecule has 3 nitrogen and oxygen atoms in total. The number of nitrogens with two attached hydrogens (primary N) is 1. The molecule has 1 fully saturated rings. The molecule has 3 atom stereocenters. The summed E-state index contributed by atoms with van der Waals surface area (Å²) in [5.41, 5.74) is 3.57. The molecule has 1 aromatic rings. The van der Waals surface area contributed by atoms with Gasteiger partial charge in [0.15, 0.2) is 11.6 Å². The quantitative estimate of drug-likeness (QED) is 0.644. The van der Waals surface area contributed by atoms with Crippen LogP contribution in [0.4, 0.5) is 4.39 Å². The summed E-state index contributed by atoms with van der Waals surface area (Å²) in [6.45, 7) is 2.28. The van der Waals surface area contributed by atoms with E-state index in [1.165, 1.54) is 32.8 Å². The molecule has 20 heavy (non-hydrogen) atoms. The van der Waals surface area contributed by atoms with Gasteiger partial charge in [0.25, 0.3) is 0 Å². The molecule has 112 valence electrons. The highest BCUT2D eigenvalue weighted by Gasteiger charge is 2.27. The van der Waals surface area contributed by atoms with Gasteiger partial charge in [0.1, 0.15) is 0 Å². The van der Waals surface area contributed by atoms with Gasteiger partial charge < -0.3 is 4.74 Å². The first kappa shape index (κ1) is 15.3. The fourth-order valence-corrected chi connectivity index (χ4v) is 3.32. The van der Waals surface area contributed by atoms with E-state index in [4.69, 9.17) is 10.6 Å². The topological polar surface area (TPSA) is 47.3 Å². The second-order valence-corrected chi connectivity index (χ2v) is 5.94. The summed E-state index contributed by atoms with van der Waals surface area (Å²) in [4.78, 5) is 0. The first-order valence-corrected chi connectivity index (χ1v) is 7.43. The Labute approximate surface area is 120 Å². The fourth-order valence-electron chi connectivity index (χ4n) is 3.32. The van der Waals surface area contributed by atoms with Crippen LogP contribution in [0.25, 0.3) is 0 Å². The van der Waals surface area contributed by atoms with Gasteiger partial charge in [0, 0.05) is 6.04 Å². The van der Waals surface area contributed by atoms with Crippen molar-refractivity contribution in [1.29, 1.82) is 0 Å². The Morgan fingerprint density at radius 2 is 2.25 bits per heavy atom. The predicted molar refractivity (Wildman–Crippen MR) is 78.9 cm³/mol. The average molecular weight is 280 g/mol. The lowest BCUT2D eigenvalue weighted by Crippen LogP contribution is -2.44. The monoisotopic (exact) mass is 280 g/mol. The summed E-state index contributed by atoms with van der Waals surface area (Å²) in [5, 5.41) is 0. The number of methoxy groups -OCH3 is 1. The molecule has 0 saturated heterocycles. The second kappa shape index (κ2) is 7.04. The summed E-state index contributed by atoms with van der Waals surface area (Å²) in [7, 11) is 1.49. The molecule has 1 aromatic carbocycles. The number of hydrogen-bond acceptors (Lipinski definition) is 3. The molecule has 0 heterocycles. The molecule has 1 aliphatic rings. The van der Waals surface area contributed by atoms with Crippen LogP contribution in [0.3, 0.4) is 0 Å². The third-order valence-electron chi connectivity index (χ3n) is 4.46. The van der Waals surface area contributed by atoms with Gasteiger partial charge in [-0.2, -0.15) is 0 Å². The highest BCUT2D eigenvalue weighted by molar-refractivity contribution is 5.31. The molecule has 3 N–H and O–H groups in total. The van der Waals surface area contributed by atoms with E-state index in [-0.39, 0.29) is 11.9 Å². The number of benzene rings is 1. The lowest BCUT2D eigenvalue weighted by Gasteiger charge is -2.33. The van der Waals surface area contributed by atoms with Crippen molar-refractivity contribution in [2.75, 3.05) is 7.11 Å². The number of hydrazine groups is 1. The summed E-state index contributed by atoms with van der Waals surface area (Å²) >= 11 is 0. The van der Waals surface area contributed by atoms with Crippen LogP contribution in [-0.2, 0) is 6.42 Å². The summed E-state index contributed by atoms with van der Waals surface area (Å²) < 4.78 is 19.3. The second-order valence-electron chi connectivity index (χ2n) is 5.94. The first-order chi connectivity index (χ1) is 9.65. The minimum Gasteiger partial charge on any atom is -0.494 e. The van der Waals surface area contributed by atoms with Gasteiger partial charge in [0.2, 0.25) is 0 Å². The van der Waals surface area contributed by atoms with E-state index in [1.807, 2.05) is 12.1 Å². The Hall–Kier alpha value is -1.13.